The van der Waals surface area contributed by atoms with Crippen LogP contribution in [-0.2, 0) is 11.2 Å². The van der Waals surface area contributed by atoms with Gasteiger partial charge in [-0.1, -0.05) is 66.7 Å². The van der Waals surface area contributed by atoms with E-state index in [0.29, 0.717) is 0 Å². The zero-order valence-corrected chi connectivity index (χ0v) is 15.0. The molecule has 1 N–H and O–H groups in total. The first kappa shape index (κ1) is 15.9. The SMILES string of the molecule is O=C1[C@@H]2CCc3ccccc3N2[C@@H](c2ccccc2)N1Nc1ccccc1. The third kappa shape index (κ3) is 2.65. The molecule has 2 aliphatic heterocycles. The summed E-state index contributed by atoms with van der Waals surface area (Å²) in [6.07, 6.45) is 1.60. The zero-order chi connectivity index (χ0) is 18.2. The third-order valence-electron chi connectivity index (χ3n) is 5.44. The Balaban J connectivity index is 1.62. The highest BCUT2D eigenvalue weighted by molar-refractivity contribution is 5.92. The van der Waals surface area contributed by atoms with E-state index in [1.54, 1.807) is 5.01 Å². The lowest BCUT2D eigenvalue weighted by Crippen LogP contribution is -2.38. The van der Waals surface area contributed by atoms with Crippen molar-refractivity contribution in [3.8, 4) is 0 Å². The van der Waals surface area contributed by atoms with Crippen LogP contribution in [-0.4, -0.2) is 17.0 Å². The Morgan fingerprint density at radius 2 is 1.48 bits per heavy atom. The first-order valence-corrected chi connectivity index (χ1v) is 9.39. The van der Waals surface area contributed by atoms with Crippen LogP contribution < -0.4 is 10.3 Å². The minimum Gasteiger partial charge on any atom is -0.333 e. The van der Waals surface area contributed by atoms with E-state index in [0.717, 1.165) is 29.8 Å². The Morgan fingerprint density at radius 1 is 0.815 bits per heavy atom. The van der Waals surface area contributed by atoms with Crippen molar-refractivity contribution in [1.29, 1.82) is 0 Å². The van der Waals surface area contributed by atoms with Crippen LogP contribution in [0, 0.1) is 0 Å². The summed E-state index contributed by atoms with van der Waals surface area (Å²) in [6, 6.07) is 28.5. The van der Waals surface area contributed by atoms with Crippen molar-refractivity contribution in [2.24, 2.45) is 0 Å². The van der Waals surface area contributed by atoms with Gasteiger partial charge in [0, 0.05) is 5.69 Å². The molecule has 2 aliphatic rings. The molecule has 0 bridgehead atoms. The minimum atomic E-state index is -0.176. The summed E-state index contributed by atoms with van der Waals surface area (Å²) >= 11 is 0. The van der Waals surface area contributed by atoms with E-state index in [-0.39, 0.29) is 18.1 Å². The summed E-state index contributed by atoms with van der Waals surface area (Å²) in [5.41, 5.74) is 7.86. The molecule has 1 fully saturated rings. The van der Waals surface area contributed by atoms with Gasteiger partial charge in [-0.15, -0.1) is 0 Å². The molecule has 2 atom stereocenters. The first-order valence-electron chi connectivity index (χ1n) is 9.39. The van der Waals surface area contributed by atoms with Crippen LogP contribution in [0.3, 0.4) is 0 Å². The van der Waals surface area contributed by atoms with Crippen LogP contribution in [0.4, 0.5) is 11.4 Å². The topological polar surface area (TPSA) is 35.6 Å². The molecule has 4 nitrogen and oxygen atoms in total. The van der Waals surface area contributed by atoms with Crippen molar-refractivity contribution in [2.45, 2.75) is 25.0 Å². The molecule has 0 unspecified atom stereocenters. The smallest absolute Gasteiger partial charge is 0.265 e. The fraction of sp³-hybridized carbons (Fsp3) is 0.174. The lowest BCUT2D eigenvalue weighted by Gasteiger charge is -2.37. The Kier molecular flexibility index (Phi) is 3.82. The number of hydrogen-bond acceptors (Lipinski definition) is 3. The first-order chi connectivity index (χ1) is 13.3. The number of carbonyl (C=O) groups excluding carboxylic acids is 1. The molecule has 3 aromatic carbocycles. The van der Waals surface area contributed by atoms with Gasteiger partial charge in [0.05, 0.1) is 5.69 Å². The number of aryl methyl sites for hydroxylation is 1. The van der Waals surface area contributed by atoms with Gasteiger partial charge in [-0.05, 0) is 42.2 Å². The number of hydrazine groups is 1. The molecular weight excluding hydrogens is 334 g/mol. The van der Waals surface area contributed by atoms with E-state index in [1.807, 2.05) is 48.5 Å². The maximum atomic E-state index is 13.4. The molecule has 134 valence electrons. The standard InChI is InChI=1S/C23H21N3O/c27-23-21-16-15-17-9-7-8-14-20(17)25(21)22(18-10-3-1-4-11-18)26(23)24-19-12-5-2-6-13-19/h1-14,21-22,24H,15-16H2/t21-,22+/m0/s1. The molecule has 0 aliphatic carbocycles. The summed E-state index contributed by atoms with van der Waals surface area (Å²) in [5, 5.41) is 1.80. The monoisotopic (exact) mass is 355 g/mol. The van der Waals surface area contributed by atoms with Crippen LogP contribution in [0.15, 0.2) is 84.9 Å². The van der Waals surface area contributed by atoms with E-state index in [4.69, 9.17) is 0 Å². The molecule has 1 amide bonds. The molecular formula is C23H21N3O. The Labute approximate surface area is 159 Å². The number of hydrogen-bond donors (Lipinski definition) is 1. The molecule has 2 heterocycles. The molecule has 27 heavy (non-hydrogen) atoms. The van der Waals surface area contributed by atoms with Crippen molar-refractivity contribution >= 4 is 17.3 Å². The summed E-state index contributed by atoms with van der Waals surface area (Å²) in [5.74, 6) is 0.127. The van der Waals surface area contributed by atoms with Crippen molar-refractivity contribution in [3.63, 3.8) is 0 Å². The predicted octanol–water partition coefficient (Wildman–Crippen LogP) is 4.38. The number of carbonyl (C=O) groups is 1. The Morgan fingerprint density at radius 3 is 2.26 bits per heavy atom. The lowest BCUT2D eigenvalue weighted by atomic mass is 9.96. The quantitative estimate of drug-likeness (QED) is 0.757. The zero-order valence-electron chi connectivity index (χ0n) is 15.0. The van der Waals surface area contributed by atoms with Crippen molar-refractivity contribution < 1.29 is 4.79 Å². The van der Waals surface area contributed by atoms with Gasteiger partial charge in [-0.2, -0.15) is 0 Å². The normalized spacial score (nSPS) is 21.0. The molecule has 0 saturated carbocycles. The van der Waals surface area contributed by atoms with Crippen LogP contribution in [0.25, 0.3) is 0 Å². The number of benzene rings is 3. The number of nitrogens with one attached hydrogen (secondary N) is 1. The average molecular weight is 355 g/mol. The van der Waals surface area contributed by atoms with Gasteiger partial charge >= 0.3 is 0 Å². The second-order valence-electron chi connectivity index (χ2n) is 7.06. The second-order valence-corrected chi connectivity index (χ2v) is 7.06. The molecule has 1 saturated heterocycles. The van der Waals surface area contributed by atoms with Gasteiger partial charge in [-0.3, -0.25) is 10.2 Å². The van der Waals surface area contributed by atoms with E-state index < -0.39 is 0 Å². The molecule has 0 aromatic heterocycles. The maximum absolute atomic E-state index is 13.4. The van der Waals surface area contributed by atoms with Crippen LogP contribution in [0.2, 0.25) is 0 Å². The second kappa shape index (κ2) is 6.47. The predicted molar refractivity (Wildman–Crippen MR) is 107 cm³/mol. The third-order valence-corrected chi connectivity index (χ3v) is 5.44. The van der Waals surface area contributed by atoms with Gasteiger partial charge in [0.15, 0.2) is 6.17 Å². The van der Waals surface area contributed by atoms with Crippen LogP contribution in [0.5, 0.6) is 0 Å². The summed E-state index contributed by atoms with van der Waals surface area (Å²) in [4.78, 5) is 15.6. The van der Waals surface area contributed by atoms with Gasteiger partial charge in [0.1, 0.15) is 6.04 Å². The van der Waals surface area contributed by atoms with Gasteiger partial charge in [-0.25, -0.2) is 5.01 Å². The number of para-hydroxylation sites is 2. The van der Waals surface area contributed by atoms with Crippen LogP contribution >= 0.6 is 0 Å². The van der Waals surface area contributed by atoms with Crippen molar-refractivity contribution in [2.75, 3.05) is 10.3 Å². The highest BCUT2D eigenvalue weighted by Gasteiger charge is 2.49. The molecule has 5 rings (SSSR count). The number of nitrogens with zero attached hydrogens (tertiary/aromatic N) is 2. The molecule has 3 aromatic rings. The van der Waals surface area contributed by atoms with Crippen molar-refractivity contribution in [1.82, 2.24) is 5.01 Å². The van der Waals surface area contributed by atoms with Gasteiger partial charge in [0.25, 0.3) is 5.91 Å². The van der Waals surface area contributed by atoms with Crippen LogP contribution in [0.1, 0.15) is 23.7 Å². The highest BCUT2D eigenvalue weighted by Crippen LogP contribution is 2.44. The van der Waals surface area contributed by atoms with Crippen molar-refractivity contribution in [3.05, 3.63) is 96.1 Å². The van der Waals surface area contributed by atoms with Gasteiger partial charge < -0.3 is 4.90 Å². The summed E-state index contributed by atoms with van der Waals surface area (Å²) in [6.45, 7) is 0. The highest BCUT2D eigenvalue weighted by atomic mass is 16.2. The summed E-state index contributed by atoms with van der Waals surface area (Å²) in [7, 11) is 0. The minimum absolute atomic E-state index is 0.127. The van der Waals surface area contributed by atoms with E-state index >= 15 is 0 Å². The van der Waals surface area contributed by atoms with Gasteiger partial charge in [0.2, 0.25) is 0 Å². The fourth-order valence-electron chi connectivity index (χ4n) is 4.23. The summed E-state index contributed by atoms with van der Waals surface area (Å²) < 4.78 is 0. The maximum Gasteiger partial charge on any atom is 0.265 e. The number of fused-ring (bicyclic) bond motifs is 3. The van der Waals surface area contributed by atoms with E-state index in [9.17, 15) is 4.79 Å². The Bertz CT molecular complexity index is 958. The molecule has 0 spiro atoms. The van der Waals surface area contributed by atoms with E-state index in [1.165, 1.54) is 5.56 Å². The average Bonchev–Trinajstić information content (AvgIpc) is 3.02. The molecule has 4 heteroatoms. The fourth-order valence-corrected chi connectivity index (χ4v) is 4.23. The lowest BCUT2D eigenvalue weighted by molar-refractivity contribution is -0.128. The number of rotatable bonds is 3. The Hall–Kier alpha value is -3.27. The number of anilines is 2. The number of amides is 1. The van der Waals surface area contributed by atoms with E-state index in [2.05, 4.69) is 46.7 Å². The molecule has 0 radical (unpaired) electrons. The largest absolute Gasteiger partial charge is 0.333 e.